The van der Waals surface area contributed by atoms with Crippen molar-refractivity contribution < 1.29 is 79.2 Å². The maximum absolute atomic E-state index is 11.7. The lowest BCUT2D eigenvalue weighted by molar-refractivity contribution is -0.374. The molecular formula is C25H45NO16. The number of amides is 1. The Balaban J connectivity index is 1.71. The SMILES string of the molecule is CCCCCO[C@@H]1OC(CO)[C@@H](O[C@@H]2OC(CO)[C@H](O[C@@H]3OC(CO)[C@H](O)[C@H](O)C3NC(C)=O)[C@H](O)C2O)[C@H](O)C1O. The van der Waals surface area contributed by atoms with E-state index in [9.17, 15) is 50.8 Å². The van der Waals surface area contributed by atoms with Gasteiger partial charge in [0.15, 0.2) is 18.9 Å². The summed E-state index contributed by atoms with van der Waals surface area (Å²) >= 11 is 0. The summed E-state index contributed by atoms with van der Waals surface area (Å²) in [6.45, 7) is 1.17. The molecule has 15 atom stereocenters. The largest absolute Gasteiger partial charge is 0.394 e. The van der Waals surface area contributed by atoms with Gasteiger partial charge in [0.2, 0.25) is 5.91 Å². The molecule has 0 bridgehead atoms. The summed E-state index contributed by atoms with van der Waals surface area (Å²) in [6, 6.07) is -1.38. The Morgan fingerprint density at radius 2 is 1.17 bits per heavy atom. The van der Waals surface area contributed by atoms with E-state index in [0.717, 1.165) is 19.8 Å². The molecule has 6 unspecified atom stereocenters. The fourth-order valence-corrected chi connectivity index (χ4v) is 5.14. The zero-order valence-corrected chi connectivity index (χ0v) is 23.5. The van der Waals surface area contributed by atoms with E-state index < -0.39 is 118 Å². The van der Waals surface area contributed by atoms with Crippen molar-refractivity contribution >= 4 is 5.91 Å². The van der Waals surface area contributed by atoms with E-state index in [0.29, 0.717) is 6.42 Å². The highest BCUT2D eigenvalue weighted by Crippen LogP contribution is 2.32. The third-order valence-electron chi connectivity index (χ3n) is 7.50. The number of aliphatic hydroxyl groups excluding tert-OH is 9. The number of nitrogens with one attached hydrogen (secondary N) is 1. The molecule has 0 saturated carbocycles. The number of carbonyl (C=O) groups excluding carboxylic acids is 1. The highest BCUT2D eigenvalue weighted by Gasteiger charge is 2.53. The smallest absolute Gasteiger partial charge is 0.217 e. The normalized spacial score (nSPS) is 44.6. The summed E-state index contributed by atoms with van der Waals surface area (Å²) < 4.78 is 33.6. The zero-order chi connectivity index (χ0) is 31.1. The Hall–Kier alpha value is -1.13. The van der Waals surface area contributed by atoms with Gasteiger partial charge in [0.05, 0.1) is 19.8 Å². The van der Waals surface area contributed by atoms with Crippen LogP contribution < -0.4 is 5.32 Å². The van der Waals surface area contributed by atoms with Crippen LogP contribution in [0.2, 0.25) is 0 Å². The molecule has 0 radical (unpaired) electrons. The quantitative estimate of drug-likeness (QED) is 0.0868. The average Bonchev–Trinajstić information content (AvgIpc) is 2.97. The Morgan fingerprint density at radius 3 is 1.69 bits per heavy atom. The van der Waals surface area contributed by atoms with E-state index in [1.165, 1.54) is 0 Å². The van der Waals surface area contributed by atoms with Crippen molar-refractivity contribution in [2.45, 2.75) is 125 Å². The number of carbonyl (C=O) groups is 1. The van der Waals surface area contributed by atoms with Crippen molar-refractivity contribution in [1.29, 1.82) is 0 Å². The number of hydrogen-bond donors (Lipinski definition) is 10. The van der Waals surface area contributed by atoms with Crippen LogP contribution in [0.3, 0.4) is 0 Å². The second-order valence-corrected chi connectivity index (χ2v) is 10.6. The zero-order valence-electron chi connectivity index (χ0n) is 23.5. The second kappa shape index (κ2) is 16.3. The molecule has 3 aliphatic heterocycles. The summed E-state index contributed by atoms with van der Waals surface area (Å²) in [5.74, 6) is -0.624. The van der Waals surface area contributed by atoms with Crippen LogP contribution in [0.4, 0.5) is 0 Å². The van der Waals surface area contributed by atoms with Gasteiger partial charge >= 0.3 is 0 Å². The minimum Gasteiger partial charge on any atom is -0.394 e. The number of rotatable bonds is 13. The molecule has 42 heavy (non-hydrogen) atoms. The topological polar surface area (TPSA) is 267 Å². The van der Waals surface area contributed by atoms with Gasteiger partial charge in [-0.2, -0.15) is 0 Å². The predicted octanol–water partition coefficient (Wildman–Crippen LogP) is -5.21. The van der Waals surface area contributed by atoms with E-state index in [-0.39, 0.29) is 6.61 Å². The third kappa shape index (κ3) is 8.12. The lowest BCUT2D eigenvalue weighted by Crippen LogP contribution is -2.68. The van der Waals surface area contributed by atoms with Gasteiger partial charge in [-0.25, -0.2) is 0 Å². The van der Waals surface area contributed by atoms with Crippen molar-refractivity contribution in [2.75, 3.05) is 26.4 Å². The van der Waals surface area contributed by atoms with Gasteiger partial charge in [0.1, 0.15) is 73.2 Å². The molecule has 1 amide bonds. The molecule has 0 spiro atoms. The van der Waals surface area contributed by atoms with Crippen LogP contribution in [0.1, 0.15) is 33.1 Å². The van der Waals surface area contributed by atoms with Crippen LogP contribution in [0, 0.1) is 0 Å². The van der Waals surface area contributed by atoms with Crippen molar-refractivity contribution in [1.82, 2.24) is 5.32 Å². The van der Waals surface area contributed by atoms with Gasteiger partial charge in [-0.3, -0.25) is 4.79 Å². The second-order valence-electron chi connectivity index (χ2n) is 10.6. The monoisotopic (exact) mass is 615 g/mol. The highest BCUT2D eigenvalue weighted by molar-refractivity contribution is 5.73. The maximum atomic E-state index is 11.7. The fraction of sp³-hybridized carbons (Fsp3) is 0.960. The summed E-state index contributed by atoms with van der Waals surface area (Å²) in [6.07, 6.45) is -19.3. The van der Waals surface area contributed by atoms with Crippen molar-refractivity contribution in [3.8, 4) is 0 Å². The van der Waals surface area contributed by atoms with Gasteiger partial charge in [-0.1, -0.05) is 19.8 Å². The Bertz CT molecular complexity index is 821. The summed E-state index contributed by atoms with van der Waals surface area (Å²) in [5, 5.41) is 95.5. The molecular weight excluding hydrogens is 570 g/mol. The summed E-state index contributed by atoms with van der Waals surface area (Å²) in [4.78, 5) is 11.7. The van der Waals surface area contributed by atoms with Crippen molar-refractivity contribution in [2.24, 2.45) is 0 Å². The Morgan fingerprint density at radius 1 is 0.667 bits per heavy atom. The molecule has 246 valence electrons. The standard InChI is InChI=1S/C25H45NO16/c1-3-4-5-6-37-24-19(35)17(33)22(12(8-28)39-24)42-25-20(36)18(34)21(13(9-29)40-25)41-23-14(26-10(2)30)16(32)15(31)11(7-27)38-23/h11-25,27-29,31-36H,3-9H2,1-2H3,(H,26,30)/t11?,12?,13?,14?,15-,16+,17+,18+,19?,20?,21-,22+,23-,24+,25-/m0/s1. The molecule has 10 N–H and O–H groups in total. The minimum absolute atomic E-state index is 0.241. The summed E-state index contributed by atoms with van der Waals surface area (Å²) in [5.41, 5.74) is 0. The first-order chi connectivity index (χ1) is 20.0. The summed E-state index contributed by atoms with van der Waals surface area (Å²) in [7, 11) is 0. The van der Waals surface area contributed by atoms with E-state index >= 15 is 0 Å². The van der Waals surface area contributed by atoms with Crippen molar-refractivity contribution in [3.63, 3.8) is 0 Å². The van der Waals surface area contributed by atoms with Crippen LogP contribution in [0.5, 0.6) is 0 Å². The molecule has 0 aromatic rings. The minimum atomic E-state index is -1.89. The van der Waals surface area contributed by atoms with Crippen LogP contribution in [0.15, 0.2) is 0 Å². The average molecular weight is 616 g/mol. The predicted molar refractivity (Wildman–Crippen MR) is 136 cm³/mol. The van der Waals surface area contributed by atoms with Gasteiger partial charge in [0.25, 0.3) is 0 Å². The first kappa shape index (κ1) is 35.4. The molecule has 3 heterocycles. The molecule has 3 rings (SSSR count). The van der Waals surface area contributed by atoms with E-state index in [1.807, 2.05) is 6.92 Å². The Labute approximate surface area is 242 Å². The molecule has 0 aromatic heterocycles. The molecule has 0 aliphatic carbocycles. The Kier molecular flexibility index (Phi) is 13.7. The number of unbranched alkanes of at least 4 members (excludes halogenated alkanes) is 2. The van der Waals surface area contributed by atoms with Crippen LogP contribution in [-0.2, 0) is 33.2 Å². The van der Waals surface area contributed by atoms with Crippen molar-refractivity contribution in [3.05, 3.63) is 0 Å². The maximum Gasteiger partial charge on any atom is 0.217 e. The van der Waals surface area contributed by atoms with Crippen LogP contribution in [0.25, 0.3) is 0 Å². The van der Waals surface area contributed by atoms with Crippen LogP contribution >= 0.6 is 0 Å². The number of ether oxygens (including phenoxy) is 6. The lowest BCUT2D eigenvalue weighted by atomic mass is 9.95. The lowest BCUT2D eigenvalue weighted by Gasteiger charge is -2.48. The molecule has 17 heteroatoms. The van der Waals surface area contributed by atoms with E-state index in [2.05, 4.69) is 5.32 Å². The molecule has 3 fully saturated rings. The first-order valence-corrected chi connectivity index (χ1v) is 14.1. The molecule has 3 aliphatic rings. The van der Waals surface area contributed by atoms with E-state index in [4.69, 9.17) is 28.4 Å². The molecule has 3 saturated heterocycles. The molecule has 17 nitrogen and oxygen atoms in total. The van der Waals surface area contributed by atoms with Gasteiger partial charge in [-0.05, 0) is 6.42 Å². The number of aliphatic hydroxyl groups is 9. The van der Waals surface area contributed by atoms with Gasteiger partial charge in [0, 0.05) is 13.5 Å². The third-order valence-corrected chi connectivity index (χ3v) is 7.50. The molecule has 0 aromatic carbocycles. The van der Waals surface area contributed by atoms with Crippen LogP contribution in [-0.4, -0.2) is 170 Å². The number of hydrogen-bond acceptors (Lipinski definition) is 16. The van der Waals surface area contributed by atoms with Gasteiger partial charge in [-0.15, -0.1) is 0 Å². The fourth-order valence-electron chi connectivity index (χ4n) is 5.14. The highest BCUT2D eigenvalue weighted by atomic mass is 16.8. The first-order valence-electron chi connectivity index (χ1n) is 14.1. The van der Waals surface area contributed by atoms with E-state index in [1.54, 1.807) is 0 Å². The van der Waals surface area contributed by atoms with Gasteiger partial charge < -0.3 is 79.7 Å².